The highest BCUT2D eigenvalue weighted by molar-refractivity contribution is 5.83. The molecule has 0 aromatic heterocycles. The fraction of sp³-hybridized carbons (Fsp3) is 0.889. The summed E-state index contributed by atoms with van der Waals surface area (Å²) in [5.74, 6) is -0.665. The summed E-state index contributed by atoms with van der Waals surface area (Å²) in [5, 5.41) is 45.4. The largest absolute Gasteiger partial charge is 0.394 e. The Labute approximate surface area is 93.1 Å². The van der Waals surface area contributed by atoms with Gasteiger partial charge in [-0.25, -0.2) is 0 Å². The molecule has 96 valence electrons. The van der Waals surface area contributed by atoms with E-state index in [1.54, 1.807) is 0 Å². The number of nitrogens with two attached hydrogens (primary N) is 1. The van der Waals surface area contributed by atoms with Gasteiger partial charge in [0.25, 0.3) is 0 Å². The zero-order chi connectivity index (χ0) is 12.7. The second kappa shape index (κ2) is 7.66. The average molecular weight is 237 g/mol. The Hall–Kier alpha value is -0.570. The van der Waals surface area contributed by atoms with Gasteiger partial charge in [0.15, 0.2) is 5.78 Å². The predicted octanol–water partition coefficient (Wildman–Crippen LogP) is -3.27. The summed E-state index contributed by atoms with van der Waals surface area (Å²) < 4.78 is 0. The Bertz CT molecular complexity index is 212. The molecule has 7 nitrogen and oxygen atoms in total. The minimum absolute atomic E-state index is 0.0172. The van der Waals surface area contributed by atoms with E-state index >= 15 is 0 Å². The highest BCUT2D eigenvalue weighted by Crippen LogP contribution is 2.08. The quantitative estimate of drug-likeness (QED) is 0.260. The number of aliphatic hydroxyl groups excluding tert-OH is 5. The lowest BCUT2D eigenvalue weighted by atomic mass is 9.98. The molecule has 0 heterocycles. The normalized spacial score (nSPS) is 18.9. The molecule has 0 saturated carbocycles. The number of ketones is 1. The standard InChI is InChI=1S/C9H19NO6/c10-3-1-2-5(12)7(14)9(16)8(15)6(13)4-11/h6-9,11,13-16H,1-4,10H2/t6-,7+,8-,9-/m1/s1. The van der Waals surface area contributed by atoms with Gasteiger partial charge < -0.3 is 31.3 Å². The van der Waals surface area contributed by atoms with Crippen LogP contribution in [0, 0.1) is 0 Å². The first kappa shape index (κ1) is 15.4. The molecule has 16 heavy (non-hydrogen) atoms. The first-order valence-corrected chi connectivity index (χ1v) is 5.01. The maximum Gasteiger partial charge on any atom is 0.164 e. The van der Waals surface area contributed by atoms with Gasteiger partial charge in [-0.3, -0.25) is 4.79 Å². The summed E-state index contributed by atoms with van der Waals surface area (Å²) in [6, 6.07) is 0. The number of hydrogen-bond acceptors (Lipinski definition) is 7. The van der Waals surface area contributed by atoms with Crippen molar-refractivity contribution >= 4 is 5.78 Å². The van der Waals surface area contributed by atoms with Crippen LogP contribution in [0.3, 0.4) is 0 Å². The Balaban J connectivity index is 4.25. The Kier molecular flexibility index (Phi) is 7.39. The number of Topliss-reactive ketones (excluding diaryl/α,β-unsaturated/α-hetero) is 1. The number of aliphatic hydroxyl groups is 5. The molecule has 0 radical (unpaired) electrons. The molecule has 0 saturated heterocycles. The number of carbonyl (C=O) groups excluding carboxylic acids is 1. The van der Waals surface area contributed by atoms with Gasteiger partial charge in [-0.2, -0.15) is 0 Å². The molecule has 0 rings (SSSR count). The zero-order valence-electron chi connectivity index (χ0n) is 8.86. The predicted molar refractivity (Wildman–Crippen MR) is 54.4 cm³/mol. The topological polar surface area (TPSA) is 144 Å². The van der Waals surface area contributed by atoms with Gasteiger partial charge in [0.05, 0.1) is 6.61 Å². The van der Waals surface area contributed by atoms with E-state index in [-0.39, 0.29) is 13.0 Å². The van der Waals surface area contributed by atoms with Crippen molar-refractivity contribution in [2.24, 2.45) is 5.73 Å². The maximum atomic E-state index is 11.2. The molecule has 0 bridgehead atoms. The van der Waals surface area contributed by atoms with Crippen molar-refractivity contribution in [1.29, 1.82) is 0 Å². The van der Waals surface area contributed by atoms with Crippen molar-refractivity contribution in [2.45, 2.75) is 37.3 Å². The van der Waals surface area contributed by atoms with Crippen LogP contribution in [0.15, 0.2) is 0 Å². The van der Waals surface area contributed by atoms with E-state index in [0.29, 0.717) is 6.42 Å². The van der Waals surface area contributed by atoms with Crippen LogP contribution in [0.1, 0.15) is 12.8 Å². The van der Waals surface area contributed by atoms with Gasteiger partial charge in [0.2, 0.25) is 0 Å². The molecule has 7 N–H and O–H groups in total. The van der Waals surface area contributed by atoms with Crippen LogP contribution in [0.5, 0.6) is 0 Å². The number of hydrogen-bond donors (Lipinski definition) is 6. The number of carbonyl (C=O) groups is 1. The lowest BCUT2D eigenvalue weighted by molar-refractivity contribution is -0.147. The van der Waals surface area contributed by atoms with Crippen LogP contribution < -0.4 is 5.73 Å². The van der Waals surface area contributed by atoms with E-state index in [0.717, 1.165) is 0 Å². The number of rotatable bonds is 8. The Morgan fingerprint density at radius 1 is 1.12 bits per heavy atom. The Morgan fingerprint density at radius 2 is 1.69 bits per heavy atom. The molecule has 0 aliphatic heterocycles. The molecule has 0 aliphatic carbocycles. The van der Waals surface area contributed by atoms with E-state index in [9.17, 15) is 20.1 Å². The first-order valence-electron chi connectivity index (χ1n) is 5.01. The highest BCUT2D eigenvalue weighted by atomic mass is 16.4. The third kappa shape index (κ3) is 4.52. The smallest absolute Gasteiger partial charge is 0.164 e. The van der Waals surface area contributed by atoms with Crippen LogP contribution in [0.25, 0.3) is 0 Å². The van der Waals surface area contributed by atoms with Crippen LogP contribution in [-0.4, -0.2) is 68.9 Å². The average Bonchev–Trinajstić information content (AvgIpc) is 2.31. The first-order chi connectivity index (χ1) is 7.45. The van der Waals surface area contributed by atoms with Crippen molar-refractivity contribution in [1.82, 2.24) is 0 Å². The molecule has 0 aromatic carbocycles. The van der Waals surface area contributed by atoms with E-state index < -0.39 is 36.8 Å². The summed E-state index contributed by atoms with van der Waals surface area (Å²) in [6.07, 6.45) is -6.65. The second-order valence-corrected chi connectivity index (χ2v) is 3.53. The highest BCUT2D eigenvalue weighted by Gasteiger charge is 2.33. The van der Waals surface area contributed by atoms with Crippen LogP contribution >= 0.6 is 0 Å². The molecule has 0 fully saturated rings. The van der Waals surface area contributed by atoms with Gasteiger partial charge in [-0.15, -0.1) is 0 Å². The summed E-state index contributed by atoms with van der Waals surface area (Å²) >= 11 is 0. The van der Waals surface area contributed by atoms with Crippen molar-refractivity contribution in [3.05, 3.63) is 0 Å². The van der Waals surface area contributed by atoms with Crippen molar-refractivity contribution < 1.29 is 30.3 Å². The molecule has 0 aliphatic rings. The molecule has 0 unspecified atom stereocenters. The second-order valence-electron chi connectivity index (χ2n) is 3.53. The Morgan fingerprint density at radius 3 is 2.12 bits per heavy atom. The molecule has 0 aromatic rings. The van der Waals surface area contributed by atoms with Gasteiger partial charge in [0, 0.05) is 6.42 Å². The molecule has 4 atom stereocenters. The molecule has 0 spiro atoms. The third-order valence-corrected chi connectivity index (χ3v) is 2.21. The minimum Gasteiger partial charge on any atom is -0.394 e. The lowest BCUT2D eigenvalue weighted by Gasteiger charge is -2.24. The van der Waals surface area contributed by atoms with Crippen molar-refractivity contribution in [3.8, 4) is 0 Å². The summed E-state index contributed by atoms with van der Waals surface area (Å²) in [5.41, 5.74) is 5.16. The van der Waals surface area contributed by atoms with Crippen LogP contribution in [0.2, 0.25) is 0 Å². The summed E-state index contributed by atoms with van der Waals surface area (Å²) in [4.78, 5) is 11.2. The lowest BCUT2D eigenvalue weighted by Crippen LogP contribution is -2.48. The van der Waals surface area contributed by atoms with Gasteiger partial charge in [0.1, 0.15) is 24.4 Å². The maximum absolute atomic E-state index is 11.2. The molecule has 0 amide bonds. The van der Waals surface area contributed by atoms with E-state index in [1.165, 1.54) is 0 Å². The molecular formula is C9H19NO6. The van der Waals surface area contributed by atoms with Gasteiger partial charge in [-0.05, 0) is 13.0 Å². The monoisotopic (exact) mass is 237 g/mol. The van der Waals surface area contributed by atoms with E-state index in [4.69, 9.17) is 15.9 Å². The van der Waals surface area contributed by atoms with E-state index in [1.807, 2.05) is 0 Å². The third-order valence-electron chi connectivity index (χ3n) is 2.21. The zero-order valence-corrected chi connectivity index (χ0v) is 8.86. The van der Waals surface area contributed by atoms with E-state index in [2.05, 4.69) is 0 Å². The SMILES string of the molecule is NCCCC(=O)[C@H](O)[C@@H](O)[C@H](O)[C@H](O)CO. The van der Waals surface area contributed by atoms with Crippen LogP contribution in [0.4, 0.5) is 0 Å². The van der Waals surface area contributed by atoms with Gasteiger partial charge in [-0.1, -0.05) is 0 Å². The minimum atomic E-state index is -1.83. The summed E-state index contributed by atoms with van der Waals surface area (Å²) in [7, 11) is 0. The molecule has 7 heteroatoms. The van der Waals surface area contributed by atoms with Crippen LogP contribution in [-0.2, 0) is 4.79 Å². The fourth-order valence-corrected chi connectivity index (χ4v) is 1.14. The molecular weight excluding hydrogens is 218 g/mol. The van der Waals surface area contributed by atoms with Crippen molar-refractivity contribution in [3.63, 3.8) is 0 Å². The summed E-state index contributed by atoms with van der Waals surface area (Å²) in [6.45, 7) is -0.502. The fourth-order valence-electron chi connectivity index (χ4n) is 1.14. The van der Waals surface area contributed by atoms with Crippen molar-refractivity contribution in [2.75, 3.05) is 13.2 Å². The van der Waals surface area contributed by atoms with Gasteiger partial charge >= 0.3 is 0 Å².